The number of nitrogens with zero attached hydrogens (tertiary/aromatic N) is 3. The van der Waals surface area contributed by atoms with Crippen LogP contribution in [0.1, 0.15) is 12.8 Å². The third-order valence-electron chi connectivity index (χ3n) is 5.39. The van der Waals surface area contributed by atoms with Crippen LogP contribution in [0.2, 0.25) is 0 Å². The Kier molecular flexibility index (Phi) is 4.93. The van der Waals surface area contributed by atoms with E-state index in [9.17, 15) is 0 Å². The van der Waals surface area contributed by atoms with Crippen LogP contribution in [0.5, 0.6) is 0 Å². The first-order valence-corrected chi connectivity index (χ1v) is 8.49. The Hall–Kier alpha value is -0.740. The van der Waals surface area contributed by atoms with Crippen LogP contribution in [0.25, 0.3) is 0 Å². The Morgan fingerprint density at radius 3 is 2.35 bits per heavy atom. The molecule has 0 aliphatic carbocycles. The van der Waals surface area contributed by atoms with Gasteiger partial charge in [0.05, 0.1) is 0 Å². The van der Waals surface area contributed by atoms with Crippen molar-refractivity contribution in [1.82, 2.24) is 25.3 Å². The second kappa shape index (κ2) is 6.64. The zero-order chi connectivity index (χ0) is 16.5. The first kappa shape index (κ1) is 17.1. The molecule has 6 N–H and O–H groups in total. The lowest BCUT2D eigenvalue weighted by atomic mass is 10.0. The fourth-order valence-corrected chi connectivity index (χ4v) is 3.75. The Bertz CT molecular complexity index is 432. The summed E-state index contributed by atoms with van der Waals surface area (Å²) in [5.74, 6) is -1.90. The Balaban J connectivity index is 1.56. The summed E-state index contributed by atoms with van der Waals surface area (Å²) < 4.78 is 5.28. The number of piperidine rings is 1. The number of nitrogens with two attached hydrogens (primary N) is 2. The van der Waals surface area contributed by atoms with Crippen molar-refractivity contribution in [2.75, 3.05) is 53.4 Å². The minimum Gasteiger partial charge on any atom is -0.339 e. The van der Waals surface area contributed by atoms with E-state index < -0.39 is 11.8 Å². The third-order valence-corrected chi connectivity index (χ3v) is 5.39. The summed E-state index contributed by atoms with van der Waals surface area (Å²) in [5, 5.41) is 6.12. The average Bonchev–Trinajstić information content (AvgIpc) is 2.56. The van der Waals surface area contributed by atoms with Crippen LogP contribution in [-0.2, 0) is 4.74 Å². The second-order valence-corrected chi connectivity index (χ2v) is 6.93. The molecular formula is C15H31N7O. The van der Waals surface area contributed by atoms with Crippen molar-refractivity contribution in [3.63, 3.8) is 0 Å². The predicted molar refractivity (Wildman–Crippen MR) is 89.9 cm³/mol. The summed E-state index contributed by atoms with van der Waals surface area (Å²) in [4.78, 5) is 7.28. The van der Waals surface area contributed by atoms with Crippen molar-refractivity contribution in [3.8, 4) is 0 Å². The maximum Gasteiger partial charge on any atom is 0.257 e. The molecule has 2 atom stereocenters. The van der Waals surface area contributed by atoms with E-state index in [2.05, 4.69) is 32.4 Å². The van der Waals surface area contributed by atoms with Crippen LogP contribution in [-0.4, -0.2) is 85.9 Å². The number of hydrogen-bond donors (Lipinski definition) is 4. The van der Waals surface area contributed by atoms with Gasteiger partial charge in [-0.05, 0) is 26.0 Å². The number of nitrogens with one attached hydrogen (secondary N) is 2. The summed E-state index contributed by atoms with van der Waals surface area (Å²) in [6.07, 6.45) is 5.95. The number of ether oxygens (including phenoxy) is 1. The molecule has 0 aromatic heterocycles. The standard InChI is InChI=1S/C15H31N7O/c1-20-9-11-21(12-10-20)13-3-7-22(8-4-13)14(16)5-6-18-15(17,19-14)23-2/h5-6,13,18-19H,3-4,7-12,16-17H2,1-2H3. The quantitative estimate of drug-likeness (QED) is 0.453. The normalized spacial score (nSPS) is 38.6. The fraction of sp³-hybridized carbons (Fsp3) is 0.867. The molecule has 8 nitrogen and oxygen atoms in total. The summed E-state index contributed by atoms with van der Waals surface area (Å²) in [5.41, 5.74) is 12.6. The highest BCUT2D eigenvalue weighted by atomic mass is 16.5. The van der Waals surface area contributed by atoms with Crippen molar-refractivity contribution < 1.29 is 4.74 Å². The zero-order valence-corrected chi connectivity index (χ0v) is 14.3. The van der Waals surface area contributed by atoms with Gasteiger partial charge in [-0.3, -0.25) is 21.3 Å². The molecule has 2 fully saturated rings. The summed E-state index contributed by atoms with van der Waals surface area (Å²) >= 11 is 0. The molecule has 23 heavy (non-hydrogen) atoms. The van der Waals surface area contributed by atoms with E-state index in [1.807, 2.05) is 6.08 Å². The lowest BCUT2D eigenvalue weighted by Gasteiger charge is -2.50. The lowest BCUT2D eigenvalue weighted by Crippen LogP contribution is -2.79. The SMILES string of the molecule is COC1(N)NC=CC(N)(N2CCC(N3CCN(C)CC3)CC2)N1. The number of hydrogen-bond acceptors (Lipinski definition) is 8. The second-order valence-electron chi connectivity index (χ2n) is 6.93. The molecule has 0 spiro atoms. The van der Waals surface area contributed by atoms with E-state index in [0.717, 1.165) is 25.9 Å². The van der Waals surface area contributed by atoms with Gasteiger partial charge < -0.3 is 15.0 Å². The van der Waals surface area contributed by atoms with E-state index in [1.54, 1.807) is 13.3 Å². The smallest absolute Gasteiger partial charge is 0.257 e. The molecule has 132 valence electrons. The first-order valence-electron chi connectivity index (χ1n) is 8.49. The molecule has 3 rings (SSSR count). The van der Waals surface area contributed by atoms with E-state index >= 15 is 0 Å². The molecule has 0 aromatic rings. The van der Waals surface area contributed by atoms with Gasteiger partial charge >= 0.3 is 0 Å². The minimum absolute atomic E-state index is 0.666. The molecule has 8 heteroatoms. The maximum absolute atomic E-state index is 6.53. The van der Waals surface area contributed by atoms with Gasteiger partial charge in [0.1, 0.15) is 5.79 Å². The van der Waals surface area contributed by atoms with Gasteiger partial charge in [-0.25, -0.2) is 5.32 Å². The van der Waals surface area contributed by atoms with E-state index in [1.165, 1.54) is 26.2 Å². The molecule has 0 amide bonds. The van der Waals surface area contributed by atoms with Crippen molar-refractivity contribution in [2.24, 2.45) is 11.5 Å². The molecule has 0 aromatic carbocycles. The molecule has 0 bridgehead atoms. The van der Waals surface area contributed by atoms with Gasteiger partial charge in [-0.15, -0.1) is 0 Å². The zero-order valence-electron chi connectivity index (χ0n) is 14.3. The topological polar surface area (TPSA) is 95.0 Å². The number of methoxy groups -OCH3 is 1. The highest BCUT2D eigenvalue weighted by Crippen LogP contribution is 2.23. The number of piperazine rings is 1. The molecule has 3 aliphatic heterocycles. The van der Waals surface area contributed by atoms with E-state index in [-0.39, 0.29) is 0 Å². The summed E-state index contributed by atoms with van der Waals surface area (Å²) in [6, 6.07) is 0.666. The van der Waals surface area contributed by atoms with E-state index in [0.29, 0.717) is 6.04 Å². The van der Waals surface area contributed by atoms with E-state index in [4.69, 9.17) is 16.2 Å². The summed E-state index contributed by atoms with van der Waals surface area (Å²) in [6.45, 7) is 6.58. The van der Waals surface area contributed by atoms with Crippen LogP contribution in [0, 0.1) is 0 Å². The Labute approximate surface area is 138 Å². The molecule has 3 aliphatic rings. The average molecular weight is 325 g/mol. The molecule has 3 heterocycles. The number of rotatable bonds is 3. The largest absolute Gasteiger partial charge is 0.339 e. The molecular weight excluding hydrogens is 294 g/mol. The van der Waals surface area contributed by atoms with Crippen LogP contribution >= 0.6 is 0 Å². The Morgan fingerprint density at radius 1 is 1.09 bits per heavy atom. The van der Waals surface area contributed by atoms with Crippen LogP contribution < -0.4 is 22.1 Å². The third kappa shape index (κ3) is 3.69. The number of likely N-dealkylation sites (tertiary alicyclic amines) is 1. The number of likely N-dealkylation sites (N-methyl/N-ethyl adjacent to an activating group) is 1. The van der Waals surface area contributed by atoms with Gasteiger partial charge in [0.25, 0.3) is 5.97 Å². The van der Waals surface area contributed by atoms with Gasteiger partial charge in [0.2, 0.25) is 0 Å². The van der Waals surface area contributed by atoms with Crippen molar-refractivity contribution in [3.05, 3.63) is 12.3 Å². The van der Waals surface area contributed by atoms with Crippen molar-refractivity contribution in [2.45, 2.75) is 30.6 Å². The predicted octanol–water partition coefficient (Wildman–Crippen LogP) is -1.77. The summed E-state index contributed by atoms with van der Waals surface area (Å²) in [7, 11) is 3.75. The van der Waals surface area contributed by atoms with Crippen LogP contribution in [0.4, 0.5) is 0 Å². The lowest BCUT2D eigenvalue weighted by molar-refractivity contribution is -0.108. The van der Waals surface area contributed by atoms with Gasteiger partial charge in [-0.2, -0.15) is 0 Å². The molecule has 2 unspecified atom stereocenters. The maximum atomic E-state index is 6.53. The molecule has 0 saturated carbocycles. The van der Waals surface area contributed by atoms with Gasteiger partial charge in [0, 0.05) is 58.6 Å². The van der Waals surface area contributed by atoms with Crippen LogP contribution in [0.15, 0.2) is 12.3 Å². The first-order chi connectivity index (χ1) is 10.9. The fourth-order valence-electron chi connectivity index (χ4n) is 3.75. The van der Waals surface area contributed by atoms with Gasteiger partial charge in [-0.1, -0.05) is 0 Å². The van der Waals surface area contributed by atoms with Gasteiger partial charge in [0.15, 0.2) is 0 Å². The molecule has 0 radical (unpaired) electrons. The Morgan fingerprint density at radius 2 is 1.74 bits per heavy atom. The van der Waals surface area contributed by atoms with Crippen molar-refractivity contribution >= 4 is 0 Å². The molecule has 2 saturated heterocycles. The monoisotopic (exact) mass is 325 g/mol. The highest BCUT2D eigenvalue weighted by molar-refractivity contribution is 5.09. The minimum atomic E-state index is -1.13. The van der Waals surface area contributed by atoms with Crippen molar-refractivity contribution in [1.29, 1.82) is 0 Å². The van der Waals surface area contributed by atoms with Crippen LogP contribution in [0.3, 0.4) is 0 Å². The highest BCUT2D eigenvalue weighted by Gasteiger charge is 2.42.